The number of anilines is 1. The summed E-state index contributed by atoms with van der Waals surface area (Å²) in [6.07, 6.45) is 7.16. The lowest BCUT2D eigenvalue weighted by Crippen LogP contribution is -2.43. The highest BCUT2D eigenvalue weighted by Crippen LogP contribution is 2.17. The van der Waals surface area contributed by atoms with Gasteiger partial charge in [0.25, 0.3) is 0 Å². The van der Waals surface area contributed by atoms with E-state index >= 15 is 0 Å². The Bertz CT molecular complexity index is 515. The maximum Gasteiger partial charge on any atom is 0.191 e. The molecule has 0 aliphatic carbocycles. The summed E-state index contributed by atoms with van der Waals surface area (Å²) in [6, 6.07) is 4.48. The number of pyridine rings is 1. The quantitative estimate of drug-likeness (QED) is 0.361. The van der Waals surface area contributed by atoms with E-state index in [0.29, 0.717) is 13.2 Å². The van der Waals surface area contributed by atoms with Crippen LogP contribution in [-0.4, -0.2) is 50.3 Å². The third-order valence-electron chi connectivity index (χ3n) is 4.30. The largest absolute Gasteiger partial charge is 0.383 e. The average Bonchev–Trinajstić information content (AvgIpc) is 2.90. The lowest BCUT2D eigenvalue weighted by Gasteiger charge is -2.21. The number of halogens is 1. The van der Waals surface area contributed by atoms with Crippen molar-refractivity contribution in [2.24, 2.45) is 4.99 Å². The summed E-state index contributed by atoms with van der Waals surface area (Å²) in [6.45, 7) is 8.48. The number of rotatable bonds is 7. The van der Waals surface area contributed by atoms with Crippen LogP contribution in [0.15, 0.2) is 23.3 Å². The number of aliphatic imine (C=N–C) groups is 1. The standard InChI is InChI=1S/C19H33N5O.HI/c1-4-20-19(23-16(2)15-25-3)22-14-17-9-10-18(21-13-17)24-11-7-5-6-8-12-24;/h9-10,13,16H,4-8,11-12,14-15H2,1-3H3,(H2,20,22,23);1H. The molecule has 2 N–H and O–H groups in total. The number of methoxy groups -OCH3 is 1. The minimum Gasteiger partial charge on any atom is -0.383 e. The summed E-state index contributed by atoms with van der Waals surface area (Å²) < 4.78 is 5.17. The van der Waals surface area contributed by atoms with Crippen molar-refractivity contribution in [2.75, 3.05) is 38.3 Å². The molecule has 2 heterocycles. The molecule has 1 fully saturated rings. The van der Waals surface area contributed by atoms with Gasteiger partial charge in [-0.25, -0.2) is 9.98 Å². The van der Waals surface area contributed by atoms with Gasteiger partial charge in [0.15, 0.2) is 5.96 Å². The molecule has 0 amide bonds. The zero-order valence-corrected chi connectivity index (χ0v) is 18.7. The third kappa shape index (κ3) is 8.07. The Labute approximate surface area is 175 Å². The molecule has 1 aliphatic heterocycles. The van der Waals surface area contributed by atoms with Gasteiger partial charge in [0.2, 0.25) is 0 Å². The van der Waals surface area contributed by atoms with Crippen LogP contribution in [0.25, 0.3) is 0 Å². The smallest absolute Gasteiger partial charge is 0.191 e. The van der Waals surface area contributed by atoms with Gasteiger partial charge in [0.1, 0.15) is 5.82 Å². The summed E-state index contributed by atoms with van der Waals surface area (Å²) in [7, 11) is 1.71. The minimum absolute atomic E-state index is 0. The van der Waals surface area contributed by atoms with E-state index < -0.39 is 0 Å². The van der Waals surface area contributed by atoms with Crippen LogP contribution in [0.1, 0.15) is 45.1 Å². The molecule has 2 rings (SSSR count). The van der Waals surface area contributed by atoms with Crippen molar-refractivity contribution in [2.45, 2.75) is 52.1 Å². The summed E-state index contributed by atoms with van der Waals surface area (Å²) in [5.74, 6) is 1.90. The highest BCUT2D eigenvalue weighted by molar-refractivity contribution is 14.0. The molecule has 0 radical (unpaired) electrons. The van der Waals surface area contributed by atoms with Crippen LogP contribution in [0.3, 0.4) is 0 Å². The second-order valence-corrected chi connectivity index (χ2v) is 6.62. The van der Waals surface area contributed by atoms with E-state index in [0.717, 1.165) is 37.0 Å². The predicted molar refractivity (Wildman–Crippen MR) is 120 cm³/mol. The van der Waals surface area contributed by atoms with E-state index in [1.165, 1.54) is 25.7 Å². The zero-order valence-electron chi connectivity index (χ0n) is 16.3. The van der Waals surface area contributed by atoms with Gasteiger partial charge in [0, 0.05) is 39.0 Å². The van der Waals surface area contributed by atoms with Crippen molar-refractivity contribution in [1.82, 2.24) is 15.6 Å². The van der Waals surface area contributed by atoms with Crippen LogP contribution < -0.4 is 15.5 Å². The molecule has 0 bridgehead atoms. The molecule has 1 atom stereocenters. The highest BCUT2D eigenvalue weighted by atomic mass is 127. The van der Waals surface area contributed by atoms with Crippen molar-refractivity contribution < 1.29 is 4.74 Å². The molecular weight excluding hydrogens is 441 g/mol. The Morgan fingerprint density at radius 3 is 2.58 bits per heavy atom. The number of nitrogens with zero attached hydrogens (tertiary/aromatic N) is 3. The normalized spacial score (nSPS) is 16.4. The lowest BCUT2D eigenvalue weighted by atomic mass is 10.2. The van der Waals surface area contributed by atoms with Gasteiger partial charge in [0.05, 0.1) is 13.2 Å². The lowest BCUT2D eigenvalue weighted by molar-refractivity contribution is 0.179. The Kier molecular flexibility index (Phi) is 11.6. The molecule has 7 heteroatoms. The topological polar surface area (TPSA) is 61.8 Å². The van der Waals surface area contributed by atoms with Crippen LogP contribution in [0, 0.1) is 0 Å². The molecule has 1 aromatic heterocycles. The number of hydrogen-bond donors (Lipinski definition) is 2. The van der Waals surface area contributed by atoms with E-state index in [9.17, 15) is 0 Å². The molecule has 26 heavy (non-hydrogen) atoms. The molecule has 6 nitrogen and oxygen atoms in total. The van der Waals surface area contributed by atoms with Crippen LogP contribution in [-0.2, 0) is 11.3 Å². The Balaban J connectivity index is 0.00000338. The Hall–Kier alpha value is -1.09. The highest BCUT2D eigenvalue weighted by Gasteiger charge is 2.10. The van der Waals surface area contributed by atoms with Crippen LogP contribution in [0.2, 0.25) is 0 Å². The summed E-state index contributed by atoms with van der Waals surface area (Å²) in [4.78, 5) is 11.7. The fourth-order valence-electron chi connectivity index (χ4n) is 3.01. The molecule has 0 spiro atoms. The summed E-state index contributed by atoms with van der Waals surface area (Å²) in [5, 5.41) is 6.61. The van der Waals surface area contributed by atoms with Gasteiger partial charge >= 0.3 is 0 Å². The van der Waals surface area contributed by atoms with Crippen molar-refractivity contribution in [3.63, 3.8) is 0 Å². The van der Waals surface area contributed by atoms with Gasteiger partial charge in [-0.1, -0.05) is 18.9 Å². The Morgan fingerprint density at radius 2 is 2.00 bits per heavy atom. The molecule has 1 aromatic rings. The summed E-state index contributed by atoms with van der Waals surface area (Å²) in [5.41, 5.74) is 1.12. The maximum atomic E-state index is 5.17. The van der Waals surface area contributed by atoms with Crippen molar-refractivity contribution in [3.8, 4) is 0 Å². The molecule has 0 aromatic carbocycles. The molecular formula is C19H34IN5O. The van der Waals surface area contributed by atoms with Gasteiger partial charge < -0.3 is 20.3 Å². The van der Waals surface area contributed by atoms with E-state index in [4.69, 9.17) is 4.74 Å². The van der Waals surface area contributed by atoms with Gasteiger partial charge in [-0.15, -0.1) is 24.0 Å². The third-order valence-corrected chi connectivity index (χ3v) is 4.30. The van der Waals surface area contributed by atoms with Crippen LogP contribution in [0.5, 0.6) is 0 Å². The Morgan fingerprint density at radius 1 is 1.27 bits per heavy atom. The minimum atomic E-state index is 0. The number of hydrogen-bond acceptors (Lipinski definition) is 4. The zero-order chi connectivity index (χ0) is 17.9. The van der Waals surface area contributed by atoms with Gasteiger partial charge in [-0.2, -0.15) is 0 Å². The number of ether oxygens (including phenoxy) is 1. The number of nitrogens with one attached hydrogen (secondary N) is 2. The first-order valence-corrected chi connectivity index (χ1v) is 9.46. The van der Waals surface area contributed by atoms with Crippen LogP contribution >= 0.6 is 24.0 Å². The maximum absolute atomic E-state index is 5.17. The first kappa shape index (κ1) is 23.0. The predicted octanol–water partition coefficient (Wildman–Crippen LogP) is 3.17. The van der Waals surface area contributed by atoms with E-state index in [1.807, 2.05) is 6.20 Å². The average molecular weight is 475 g/mol. The van der Waals surface area contributed by atoms with E-state index in [2.05, 4.69) is 51.5 Å². The second kappa shape index (κ2) is 13.1. The SMILES string of the molecule is CCNC(=NCc1ccc(N2CCCCCC2)nc1)NC(C)COC.I. The first-order chi connectivity index (χ1) is 12.2. The first-order valence-electron chi connectivity index (χ1n) is 9.46. The summed E-state index contributed by atoms with van der Waals surface area (Å²) >= 11 is 0. The van der Waals surface area contributed by atoms with Gasteiger partial charge in [-0.3, -0.25) is 0 Å². The monoisotopic (exact) mass is 475 g/mol. The van der Waals surface area contributed by atoms with Crippen LogP contribution in [0.4, 0.5) is 5.82 Å². The second-order valence-electron chi connectivity index (χ2n) is 6.62. The molecule has 1 unspecified atom stereocenters. The molecule has 1 saturated heterocycles. The molecule has 0 saturated carbocycles. The van der Waals surface area contributed by atoms with E-state index in [1.54, 1.807) is 7.11 Å². The van der Waals surface area contributed by atoms with Gasteiger partial charge in [-0.05, 0) is 38.3 Å². The number of aromatic nitrogens is 1. The van der Waals surface area contributed by atoms with Crippen molar-refractivity contribution in [3.05, 3.63) is 23.9 Å². The van der Waals surface area contributed by atoms with E-state index in [-0.39, 0.29) is 30.0 Å². The molecule has 1 aliphatic rings. The fourth-order valence-corrected chi connectivity index (χ4v) is 3.01. The fraction of sp³-hybridized carbons (Fsp3) is 0.684. The van der Waals surface area contributed by atoms with Crippen molar-refractivity contribution >= 4 is 35.8 Å². The number of guanidine groups is 1. The van der Waals surface area contributed by atoms with Crippen molar-refractivity contribution in [1.29, 1.82) is 0 Å². The molecule has 148 valence electrons.